The zero-order valence-electron chi connectivity index (χ0n) is 8.97. The molecule has 0 bridgehead atoms. The molecule has 0 aliphatic heterocycles. The van der Waals surface area contributed by atoms with Gasteiger partial charge in [0.1, 0.15) is 0 Å². The van der Waals surface area contributed by atoms with Crippen molar-refractivity contribution in [1.29, 1.82) is 0 Å². The van der Waals surface area contributed by atoms with Crippen molar-refractivity contribution in [2.24, 2.45) is 17.8 Å². The van der Waals surface area contributed by atoms with Crippen LogP contribution in [0, 0.1) is 17.8 Å². The molecule has 0 heteroatoms. The summed E-state index contributed by atoms with van der Waals surface area (Å²) in [7, 11) is 0. The maximum Gasteiger partial charge on any atom is -0.0358 e. The van der Waals surface area contributed by atoms with Crippen LogP contribution in [0.2, 0.25) is 0 Å². The van der Waals surface area contributed by atoms with E-state index in [0.29, 0.717) is 0 Å². The van der Waals surface area contributed by atoms with Gasteiger partial charge in [-0.05, 0) is 24.2 Å². The molecule has 1 aliphatic rings. The third-order valence-electron chi connectivity index (χ3n) is 3.90. The van der Waals surface area contributed by atoms with Gasteiger partial charge >= 0.3 is 0 Å². The van der Waals surface area contributed by atoms with E-state index in [-0.39, 0.29) is 0 Å². The van der Waals surface area contributed by atoms with Crippen LogP contribution in [0.5, 0.6) is 0 Å². The SMILES string of the molecule is CCC(CC)C1CCCC1CC. The third kappa shape index (κ3) is 2.02. The largest absolute Gasteiger partial charge is 0.0651 e. The summed E-state index contributed by atoms with van der Waals surface area (Å²) in [4.78, 5) is 0. The van der Waals surface area contributed by atoms with Gasteiger partial charge in [-0.25, -0.2) is 0 Å². The average molecular weight is 168 g/mol. The summed E-state index contributed by atoms with van der Waals surface area (Å²) in [6.07, 6.45) is 8.75. The van der Waals surface area contributed by atoms with Crippen molar-refractivity contribution in [3.63, 3.8) is 0 Å². The van der Waals surface area contributed by atoms with E-state index in [1.54, 1.807) is 0 Å². The molecule has 72 valence electrons. The molecule has 0 saturated heterocycles. The monoisotopic (exact) mass is 168 g/mol. The molecule has 0 aromatic heterocycles. The van der Waals surface area contributed by atoms with E-state index in [1.165, 1.54) is 38.5 Å². The van der Waals surface area contributed by atoms with Crippen LogP contribution in [0.25, 0.3) is 0 Å². The summed E-state index contributed by atoms with van der Waals surface area (Å²) >= 11 is 0. The van der Waals surface area contributed by atoms with Gasteiger partial charge in [-0.3, -0.25) is 0 Å². The lowest BCUT2D eigenvalue weighted by Crippen LogP contribution is -2.17. The molecular formula is C12H24. The van der Waals surface area contributed by atoms with Gasteiger partial charge in [0.15, 0.2) is 0 Å². The van der Waals surface area contributed by atoms with Crippen molar-refractivity contribution >= 4 is 0 Å². The van der Waals surface area contributed by atoms with Crippen LogP contribution < -0.4 is 0 Å². The van der Waals surface area contributed by atoms with Crippen LogP contribution in [-0.4, -0.2) is 0 Å². The Hall–Kier alpha value is 0. The lowest BCUT2D eigenvalue weighted by atomic mass is 9.80. The van der Waals surface area contributed by atoms with Crippen LogP contribution in [-0.2, 0) is 0 Å². The number of hydrogen-bond acceptors (Lipinski definition) is 0. The fourth-order valence-corrected chi connectivity index (χ4v) is 3.09. The van der Waals surface area contributed by atoms with Crippen molar-refractivity contribution in [2.45, 2.75) is 59.3 Å². The quantitative estimate of drug-likeness (QED) is 0.588. The first-order valence-electron chi connectivity index (χ1n) is 5.83. The second kappa shape index (κ2) is 4.89. The molecule has 0 nitrogen and oxygen atoms in total. The molecule has 0 heterocycles. The van der Waals surface area contributed by atoms with Crippen molar-refractivity contribution in [3.05, 3.63) is 0 Å². The van der Waals surface area contributed by atoms with Crippen molar-refractivity contribution < 1.29 is 0 Å². The van der Waals surface area contributed by atoms with Gasteiger partial charge in [-0.1, -0.05) is 52.9 Å². The van der Waals surface area contributed by atoms with Crippen LogP contribution in [0.4, 0.5) is 0 Å². The molecule has 12 heavy (non-hydrogen) atoms. The first-order chi connectivity index (χ1) is 5.83. The lowest BCUT2D eigenvalue weighted by molar-refractivity contribution is 0.242. The first kappa shape index (κ1) is 10.1. The molecule has 0 spiro atoms. The standard InChI is InChI=1S/C12H24/c1-4-10(5-2)12-9-7-8-11(12)6-3/h10-12H,4-9H2,1-3H3. The van der Waals surface area contributed by atoms with E-state index in [2.05, 4.69) is 20.8 Å². The van der Waals surface area contributed by atoms with Crippen molar-refractivity contribution in [2.75, 3.05) is 0 Å². The van der Waals surface area contributed by atoms with Gasteiger partial charge in [-0.15, -0.1) is 0 Å². The minimum Gasteiger partial charge on any atom is -0.0651 e. The smallest absolute Gasteiger partial charge is 0.0358 e. The van der Waals surface area contributed by atoms with Gasteiger partial charge in [0.25, 0.3) is 0 Å². The van der Waals surface area contributed by atoms with Gasteiger partial charge in [0, 0.05) is 0 Å². The second-order valence-electron chi connectivity index (χ2n) is 4.34. The van der Waals surface area contributed by atoms with Crippen molar-refractivity contribution in [1.82, 2.24) is 0 Å². The van der Waals surface area contributed by atoms with E-state index in [4.69, 9.17) is 0 Å². The third-order valence-corrected chi connectivity index (χ3v) is 3.90. The van der Waals surface area contributed by atoms with E-state index in [9.17, 15) is 0 Å². The van der Waals surface area contributed by atoms with Gasteiger partial charge in [0.2, 0.25) is 0 Å². The molecule has 1 fully saturated rings. The highest BCUT2D eigenvalue weighted by molar-refractivity contribution is 4.80. The van der Waals surface area contributed by atoms with E-state index in [1.807, 2.05) is 0 Å². The minimum absolute atomic E-state index is 1.03. The summed E-state index contributed by atoms with van der Waals surface area (Å²) < 4.78 is 0. The normalized spacial score (nSPS) is 30.0. The molecule has 1 aliphatic carbocycles. The molecule has 2 unspecified atom stereocenters. The lowest BCUT2D eigenvalue weighted by Gasteiger charge is -2.26. The first-order valence-corrected chi connectivity index (χ1v) is 5.83. The molecule has 0 aromatic carbocycles. The van der Waals surface area contributed by atoms with Crippen LogP contribution >= 0.6 is 0 Å². The molecule has 1 rings (SSSR count). The molecule has 0 aromatic rings. The average Bonchev–Trinajstić information content (AvgIpc) is 2.55. The highest BCUT2D eigenvalue weighted by Gasteiger charge is 2.30. The minimum atomic E-state index is 1.03. The van der Waals surface area contributed by atoms with E-state index in [0.717, 1.165) is 17.8 Å². The molecule has 0 N–H and O–H groups in total. The maximum atomic E-state index is 2.37. The predicted molar refractivity (Wildman–Crippen MR) is 55.2 cm³/mol. The Balaban J connectivity index is 2.47. The van der Waals surface area contributed by atoms with Crippen LogP contribution in [0.15, 0.2) is 0 Å². The van der Waals surface area contributed by atoms with Crippen LogP contribution in [0.3, 0.4) is 0 Å². The fourth-order valence-electron chi connectivity index (χ4n) is 3.09. The molecule has 1 saturated carbocycles. The Bertz CT molecular complexity index is 113. The summed E-state index contributed by atoms with van der Waals surface area (Å²) in [5.41, 5.74) is 0. The topological polar surface area (TPSA) is 0 Å². The zero-order valence-corrected chi connectivity index (χ0v) is 8.97. The predicted octanol–water partition coefficient (Wildman–Crippen LogP) is 4.25. The molecule has 0 radical (unpaired) electrons. The molecular weight excluding hydrogens is 144 g/mol. The number of hydrogen-bond donors (Lipinski definition) is 0. The Morgan fingerprint density at radius 1 is 1.08 bits per heavy atom. The highest BCUT2D eigenvalue weighted by Crippen LogP contribution is 2.41. The van der Waals surface area contributed by atoms with Gasteiger partial charge in [-0.2, -0.15) is 0 Å². The summed E-state index contributed by atoms with van der Waals surface area (Å²) in [5.74, 6) is 3.16. The van der Waals surface area contributed by atoms with E-state index >= 15 is 0 Å². The Kier molecular flexibility index (Phi) is 4.11. The van der Waals surface area contributed by atoms with Gasteiger partial charge in [0.05, 0.1) is 0 Å². The molecule has 2 atom stereocenters. The van der Waals surface area contributed by atoms with Crippen molar-refractivity contribution in [3.8, 4) is 0 Å². The summed E-state index contributed by atoms with van der Waals surface area (Å²) in [6.45, 7) is 7.09. The Morgan fingerprint density at radius 2 is 1.75 bits per heavy atom. The maximum absolute atomic E-state index is 2.37. The molecule has 0 amide bonds. The highest BCUT2D eigenvalue weighted by atomic mass is 14.4. The second-order valence-corrected chi connectivity index (χ2v) is 4.34. The summed E-state index contributed by atoms with van der Waals surface area (Å²) in [5, 5.41) is 0. The summed E-state index contributed by atoms with van der Waals surface area (Å²) in [6, 6.07) is 0. The van der Waals surface area contributed by atoms with Crippen LogP contribution in [0.1, 0.15) is 59.3 Å². The Labute approximate surface area is 77.7 Å². The fraction of sp³-hybridized carbons (Fsp3) is 1.00. The zero-order chi connectivity index (χ0) is 8.97. The van der Waals surface area contributed by atoms with E-state index < -0.39 is 0 Å². The number of rotatable bonds is 4. The van der Waals surface area contributed by atoms with Gasteiger partial charge < -0.3 is 0 Å². The Morgan fingerprint density at radius 3 is 2.25 bits per heavy atom.